The third-order valence-electron chi connectivity index (χ3n) is 2.98. The van der Waals surface area contributed by atoms with Crippen LogP contribution in [0.25, 0.3) is 6.08 Å². The maximum atomic E-state index is 13.0. The Morgan fingerprint density at radius 1 is 1.13 bits per heavy atom. The number of hydrogen-bond acceptors (Lipinski definition) is 3. The Bertz CT molecular complexity index is 831. The van der Waals surface area contributed by atoms with Crippen LogP contribution in [-0.4, -0.2) is 21.4 Å². The van der Waals surface area contributed by atoms with Gasteiger partial charge in [-0.05, 0) is 49.0 Å². The first kappa shape index (κ1) is 16.9. The van der Waals surface area contributed by atoms with Crippen molar-refractivity contribution in [1.29, 1.82) is 0 Å². The fraction of sp³-hybridized carbons (Fsp3) is 0.0625. The maximum Gasteiger partial charge on any atom is 0.248 e. The van der Waals surface area contributed by atoms with Crippen LogP contribution in [0.3, 0.4) is 0 Å². The summed E-state index contributed by atoms with van der Waals surface area (Å²) in [4.78, 5) is 11.9. The molecule has 0 saturated carbocycles. The first-order chi connectivity index (χ1) is 10.9. The van der Waals surface area contributed by atoms with Gasteiger partial charge >= 0.3 is 0 Å². The molecular formula is C16H15FN2O3S. The Hall–Kier alpha value is -2.51. The summed E-state index contributed by atoms with van der Waals surface area (Å²) in [5.41, 5.74) is 1.02. The number of sulfonamides is 1. The largest absolute Gasteiger partial charge is 0.322 e. The molecule has 0 aromatic heterocycles. The molecule has 0 unspecified atom stereocenters. The van der Waals surface area contributed by atoms with E-state index in [0.717, 1.165) is 0 Å². The lowest BCUT2D eigenvalue weighted by atomic mass is 10.2. The van der Waals surface area contributed by atoms with Crippen LogP contribution in [-0.2, 0) is 14.8 Å². The predicted octanol–water partition coefficient (Wildman–Crippen LogP) is 2.39. The number of hydrogen-bond donors (Lipinski definition) is 2. The van der Waals surface area contributed by atoms with Gasteiger partial charge in [0, 0.05) is 11.8 Å². The first-order valence-electron chi connectivity index (χ1n) is 6.69. The van der Waals surface area contributed by atoms with E-state index >= 15 is 0 Å². The third-order valence-corrected chi connectivity index (χ3v) is 4.41. The summed E-state index contributed by atoms with van der Waals surface area (Å²) in [5, 5.41) is 2.53. The number of carbonyl (C=O) groups is 1. The number of carbonyl (C=O) groups excluding carboxylic acids is 1. The van der Waals surface area contributed by atoms with Crippen molar-refractivity contribution < 1.29 is 17.6 Å². The predicted molar refractivity (Wildman–Crippen MR) is 86.8 cm³/mol. The molecule has 2 N–H and O–H groups in total. The van der Waals surface area contributed by atoms with Crippen LogP contribution >= 0.6 is 0 Å². The molecule has 7 heteroatoms. The van der Waals surface area contributed by atoms with Gasteiger partial charge in [-0.15, -0.1) is 0 Å². The van der Waals surface area contributed by atoms with Crippen molar-refractivity contribution in [2.45, 2.75) is 4.90 Å². The first-order valence-corrected chi connectivity index (χ1v) is 8.17. The van der Waals surface area contributed by atoms with E-state index in [4.69, 9.17) is 0 Å². The quantitative estimate of drug-likeness (QED) is 0.825. The molecule has 0 spiro atoms. The zero-order chi connectivity index (χ0) is 16.9. The molecule has 2 aromatic carbocycles. The van der Waals surface area contributed by atoms with Crippen molar-refractivity contribution in [2.24, 2.45) is 0 Å². The van der Waals surface area contributed by atoms with Crippen LogP contribution in [0, 0.1) is 5.82 Å². The van der Waals surface area contributed by atoms with E-state index in [9.17, 15) is 17.6 Å². The fourth-order valence-electron chi connectivity index (χ4n) is 1.80. The molecule has 5 nitrogen and oxygen atoms in total. The zero-order valence-electron chi connectivity index (χ0n) is 12.3. The van der Waals surface area contributed by atoms with Crippen molar-refractivity contribution in [3.05, 3.63) is 66.0 Å². The van der Waals surface area contributed by atoms with E-state index in [0.29, 0.717) is 11.3 Å². The topological polar surface area (TPSA) is 75.3 Å². The van der Waals surface area contributed by atoms with Crippen LogP contribution in [0.4, 0.5) is 10.1 Å². The molecule has 0 aliphatic rings. The molecule has 0 atom stereocenters. The van der Waals surface area contributed by atoms with Crippen molar-refractivity contribution in [1.82, 2.24) is 4.72 Å². The summed E-state index contributed by atoms with van der Waals surface area (Å²) in [6.45, 7) is 0. The lowest BCUT2D eigenvalue weighted by Crippen LogP contribution is -2.18. The van der Waals surface area contributed by atoms with Crippen molar-refractivity contribution in [2.75, 3.05) is 12.4 Å². The molecule has 0 heterocycles. The highest BCUT2D eigenvalue weighted by Gasteiger charge is 2.09. The molecule has 0 aliphatic carbocycles. The van der Waals surface area contributed by atoms with Gasteiger partial charge in [-0.1, -0.05) is 18.2 Å². The molecular weight excluding hydrogens is 319 g/mol. The van der Waals surface area contributed by atoms with Crippen LogP contribution in [0.15, 0.2) is 59.5 Å². The van der Waals surface area contributed by atoms with E-state index in [2.05, 4.69) is 10.0 Å². The van der Waals surface area contributed by atoms with Crippen LogP contribution in [0.1, 0.15) is 5.56 Å². The van der Waals surface area contributed by atoms with Gasteiger partial charge in [-0.3, -0.25) is 4.79 Å². The summed E-state index contributed by atoms with van der Waals surface area (Å²) in [6, 6.07) is 11.6. The minimum Gasteiger partial charge on any atom is -0.322 e. The maximum absolute atomic E-state index is 13.0. The molecule has 120 valence electrons. The van der Waals surface area contributed by atoms with Crippen LogP contribution < -0.4 is 10.0 Å². The second-order valence-electron chi connectivity index (χ2n) is 4.61. The minimum absolute atomic E-state index is 0.140. The van der Waals surface area contributed by atoms with E-state index in [1.807, 2.05) is 0 Å². The Balaban J connectivity index is 2.04. The van der Waals surface area contributed by atoms with Gasteiger partial charge in [0.1, 0.15) is 5.82 Å². The van der Waals surface area contributed by atoms with Gasteiger partial charge in [0.05, 0.1) is 4.90 Å². The zero-order valence-corrected chi connectivity index (χ0v) is 13.1. The highest BCUT2D eigenvalue weighted by molar-refractivity contribution is 7.89. The normalized spacial score (nSPS) is 11.6. The van der Waals surface area contributed by atoms with E-state index in [1.165, 1.54) is 49.5 Å². The van der Waals surface area contributed by atoms with E-state index in [-0.39, 0.29) is 4.90 Å². The van der Waals surface area contributed by atoms with Gasteiger partial charge in [0.25, 0.3) is 0 Å². The van der Waals surface area contributed by atoms with Gasteiger partial charge in [0.15, 0.2) is 0 Å². The summed E-state index contributed by atoms with van der Waals surface area (Å²) >= 11 is 0. The summed E-state index contributed by atoms with van der Waals surface area (Å²) in [5.74, 6) is -0.851. The van der Waals surface area contributed by atoms with Crippen molar-refractivity contribution in [3.63, 3.8) is 0 Å². The number of anilines is 1. The number of rotatable bonds is 5. The van der Waals surface area contributed by atoms with Crippen LogP contribution in [0.5, 0.6) is 0 Å². The summed E-state index contributed by atoms with van der Waals surface area (Å²) in [7, 11) is -2.15. The Morgan fingerprint density at radius 2 is 1.83 bits per heavy atom. The van der Waals surface area contributed by atoms with E-state index < -0.39 is 21.7 Å². The Morgan fingerprint density at radius 3 is 2.43 bits per heavy atom. The van der Waals surface area contributed by atoms with Gasteiger partial charge < -0.3 is 5.32 Å². The molecule has 0 fully saturated rings. The fourth-order valence-corrected chi connectivity index (χ4v) is 2.53. The minimum atomic E-state index is -3.48. The summed E-state index contributed by atoms with van der Waals surface area (Å²) in [6.07, 6.45) is 2.82. The molecule has 2 rings (SSSR count). The van der Waals surface area contributed by atoms with Crippen molar-refractivity contribution >= 4 is 27.7 Å². The number of amides is 1. The molecule has 0 bridgehead atoms. The van der Waals surface area contributed by atoms with Crippen LogP contribution in [0.2, 0.25) is 0 Å². The highest BCUT2D eigenvalue weighted by atomic mass is 32.2. The van der Waals surface area contributed by atoms with Crippen molar-refractivity contribution in [3.8, 4) is 0 Å². The van der Waals surface area contributed by atoms with Gasteiger partial charge in [-0.2, -0.15) is 0 Å². The number of benzene rings is 2. The number of nitrogens with one attached hydrogen (secondary N) is 2. The SMILES string of the molecule is CNS(=O)(=O)c1ccc(/C=C/C(=O)Nc2cccc(F)c2)cc1. The Kier molecular flexibility index (Phi) is 5.25. The molecule has 0 radical (unpaired) electrons. The summed E-state index contributed by atoms with van der Waals surface area (Å²) < 4.78 is 38.4. The number of halogens is 1. The molecule has 0 saturated heterocycles. The van der Waals surface area contributed by atoms with Gasteiger partial charge in [0.2, 0.25) is 15.9 Å². The monoisotopic (exact) mass is 334 g/mol. The molecule has 2 aromatic rings. The highest BCUT2D eigenvalue weighted by Crippen LogP contribution is 2.12. The smallest absolute Gasteiger partial charge is 0.248 e. The molecule has 1 amide bonds. The lowest BCUT2D eigenvalue weighted by molar-refractivity contribution is -0.111. The Labute approximate surface area is 133 Å². The third kappa shape index (κ3) is 4.73. The molecule has 0 aliphatic heterocycles. The average molecular weight is 334 g/mol. The lowest BCUT2D eigenvalue weighted by Gasteiger charge is -2.03. The average Bonchev–Trinajstić information content (AvgIpc) is 2.53. The standard InChI is InChI=1S/C16H15FN2O3S/c1-18-23(21,22)15-8-5-12(6-9-15)7-10-16(20)19-14-4-2-3-13(17)11-14/h2-11,18H,1H3,(H,19,20)/b10-7+. The van der Waals surface area contributed by atoms with E-state index in [1.54, 1.807) is 18.2 Å². The molecule has 23 heavy (non-hydrogen) atoms. The second-order valence-corrected chi connectivity index (χ2v) is 6.50. The second kappa shape index (κ2) is 7.17. The van der Waals surface area contributed by atoms with Gasteiger partial charge in [-0.25, -0.2) is 17.5 Å².